The molecule has 194 valence electrons. The number of thioether (sulfide) groups is 1. The lowest BCUT2D eigenvalue weighted by Crippen LogP contribution is -2.38. The maximum absolute atomic E-state index is 13.1. The summed E-state index contributed by atoms with van der Waals surface area (Å²) >= 11 is 2.93. The summed E-state index contributed by atoms with van der Waals surface area (Å²) in [5, 5.41) is 5.99. The molecule has 0 aromatic carbocycles. The van der Waals surface area contributed by atoms with Gasteiger partial charge in [-0.2, -0.15) is 0 Å². The van der Waals surface area contributed by atoms with Gasteiger partial charge in [0.1, 0.15) is 10.7 Å². The first-order valence-electron chi connectivity index (χ1n) is 11.9. The number of anilines is 1. The summed E-state index contributed by atoms with van der Waals surface area (Å²) < 4.78 is 6.47. The zero-order valence-electron chi connectivity index (χ0n) is 20.7. The van der Waals surface area contributed by atoms with Gasteiger partial charge in [0, 0.05) is 49.6 Å². The fourth-order valence-electron chi connectivity index (χ4n) is 3.98. The second kappa shape index (κ2) is 12.2. The van der Waals surface area contributed by atoms with Crippen LogP contribution in [-0.4, -0.2) is 67.7 Å². The molecule has 37 heavy (non-hydrogen) atoms. The Morgan fingerprint density at radius 3 is 2.81 bits per heavy atom. The van der Waals surface area contributed by atoms with Crippen molar-refractivity contribution in [2.24, 2.45) is 7.05 Å². The number of nitrogens with one attached hydrogen (secondary N) is 1. The number of esters is 1. The minimum atomic E-state index is -0.554. The lowest BCUT2D eigenvalue weighted by atomic mass is 9.97. The number of likely N-dealkylation sites (tertiary alicyclic amines) is 1. The second-order valence-corrected chi connectivity index (χ2v) is 10.2. The van der Waals surface area contributed by atoms with Crippen LogP contribution in [0, 0.1) is 0 Å². The molecule has 1 N–H and O–H groups in total. The molecule has 0 atom stereocenters. The van der Waals surface area contributed by atoms with E-state index in [4.69, 9.17) is 4.74 Å². The molecule has 4 rings (SSSR count). The average molecular weight is 541 g/mol. The van der Waals surface area contributed by atoms with Crippen molar-refractivity contribution < 1.29 is 19.1 Å². The number of carbonyl (C=O) groups is 3. The van der Waals surface area contributed by atoms with E-state index in [-0.39, 0.29) is 30.1 Å². The number of rotatable bonds is 9. The Labute approximate surface area is 223 Å². The number of thiazole rings is 1. The number of pyridine rings is 1. The van der Waals surface area contributed by atoms with Crippen LogP contribution < -0.4 is 5.32 Å². The molecule has 12 heteroatoms. The molecule has 0 spiro atoms. The van der Waals surface area contributed by atoms with Gasteiger partial charge < -0.3 is 19.5 Å². The lowest BCUT2D eigenvalue weighted by molar-refractivity contribution is 0.0507. The van der Waals surface area contributed by atoms with Crippen LogP contribution in [0.4, 0.5) is 5.82 Å². The molecule has 1 aliphatic rings. The zero-order chi connectivity index (χ0) is 26.4. The van der Waals surface area contributed by atoms with Crippen molar-refractivity contribution in [2.75, 3.05) is 30.8 Å². The molecule has 1 saturated heterocycles. The molecule has 4 heterocycles. The van der Waals surface area contributed by atoms with Gasteiger partial charge in [0.25, 0.3) is 11.8 Å². The smallest absolute Gasteiger partial charge is 0.374 e. The molecule has 0 radical (unpaired) electrons. The Morgan fingerprint density at radius 2 is 2.08 bits per heavy atom. The van der Waals surface area contributed by atoms with E-state index in [2.05, 4.69) is 26.8 Å². The van der Waals surface area contributed by atoms with Crippen molar-refractivity contribution in [3.63, 3.8) is 0 Å². The number of hydrogen-bond donors (Lipinski definition) is 1. The fraction of sp³-hybridized carbons (Fsp3) is 0.360. The Bertz CT molecular complexity index is 1300. The molecule has 1 fully saturated rings. The van der Waals surface area contributed by atoms with Crippen LogP contribution >= 0.6 is 23.1 Å². The third-order valence-electron chi connectivity index (χ3n) is 5.80. The van der Waals surface area contributed by atoms with E-state index in [1.807, 2.05) is 11.0 Å². The molecule has 3 aromatic rings. The highest BCUT2D eigenvalue weighted by Crippen LogP contribution is 2.32. The molecular formula is C25H28N6O4S2. The monoisotopic (exact) mass is 540 g/mol. The van der Waals surface area contributed by atoms with Crippen molar-refractivity contribution in [1.82, 2.24) is 24.4 Å². The predicted octanol–water partition coefficient (Wildman–Crippen LogP) is 4.00. The standard InChI is InChI=1S/C25H28N6O4S2/c1-4-13-36-23-17(7-6-10-26-23)24(33)31-11-8-16(9-12-31)22-27-18(15-37-22)21(32)29-19-14-30(3)20(28-19)25(34)35-5-2/h4,6-7,10,14-16H,1,5,8-9,11-13H2,2-3H3,(H,29,32). The molecule has 1 aliphatic heterocycles. The number of aryl methyl sites for hydroxylation is 1. The first kappa shape index (κ1) is 26.6. The summed E-state index contributed by atoms with van der Waals surface area (Å²) in [6.45, 7) is 6.90. The number of aromatic nitrogens is 4. The highest BCUT2D eigenvalue weighted by Gasteiger charge is 2.28. The summed E-state index contributed by atoms with van der Waals surface area (Å²) in [5.41, 5.74) is 0.905. The van der Waals surface area contributed by atoms with Gasteiger partial charge >= 0.3 is 5.97 Å². The topological polar surface area (TPSA) is 119 Å². The normalized spacial score (nSPS) is 13.8. The van der Waals surface area contributed by atoms with Gasteiger partial charge in [-0.25, -0.2) is 19.7 Å². The quantitative estimate of drug-likeness (QED) is 0.246. The number of hydrogen-bond acceptors (Lipinski definition) is 9. The van der Waals surface area contributed by atoms with Gasteiger partial charge in [-0.1, -0.05) is 6.08 Å². The van der Waals surface area contributed by atoms with E-state index in [1.54, 1.807) is 43.9 Å². The Balaban J connectivity index is 1.35. The Hall–Kier alpha value is -3.51. The summed E-state index contributed by atoms with van der Waals surface area (Å²) in [7, 11) is 1.65. The summed E-state index contributed by atoms with van der Waals surface area (Å²) in [6.07, 6.45) is 6.56. The predicted molar refractivity (Wildman–Crippen MR) is 142 cm³/mol. The minimum Gasteiger partial charge on any atom is -0.460 e. The number of carbonyl (C=O) groups excluding carboxylic acids is 3. The van der Waals surface area contributed by atoms with E-state index in [1.165, 1.54) is 27.7 Å². The number of nitrogens with zero attached hydrogens (tertiary/aromatic N) is 5. The van der Waals surface area contributed by atoms with Crippen LogP contribution in [0.25, 0.3) is 0 Å². The number of ether oxygens (including phenoxy) is 1. The van der Waals surface area contributed by atoms with Crippen LogP contribution in [0.15, 0.2) is 47.6 Å². The number of piperidine rings is 1. The van der Waals surface area contributed by atoms with Crippen molar-refractivity contribution >= 4 is 46.7 Å². The van der Waals surface area contributed by atoms with Crippen LogP contribution in [0.3, 0.4) is 0 Å². The summed E-state index contributed by atoms with van der Waals surface area (Å²) in [5.74, 6) is 0.241. The molecule has 10 nitrogen and oxygen atoms in total. The van der Waals surface area contributed by atoms with Gasteiger partial charge in [-0.3, -0.25) is 9.59 Å². The van der Waals surface area contributed by atoms with E-state index in [9.17, 15) is 14.4 Å². The fourth-order valence-corrected chi connectivity index (χ4v) is 5.67. The summed E-state index contributed by atoms with van der Waals surface area (Å²) in [6, 6.07) is 3.60. The maximum atomic E-state index is 13.1. The van der Waals surface area contributed by atoms with Gasteiger partial charge in [-0.05, 0) is 31.9 Å². The molecule has 0 aliphatic carbocycles. The number of imidazole rings is 1. The van der Waals surface area contributed by atoms with E-state index >= 15 is 0 Å². The molecule has 0 unspecified atom stereocenters. The highest BCUT2D eigenvalue weighted by atomic mass is 32.2. The van der Waals surface area contributed by atoms with Gasteiger partial charge in [0.15, 0.2) is 5.82 Å². The third kappa shape index (κ3) is 6.25. The van der Waals surface area contributed by atoms with Crippen molar-refractivity contribution in [2.45, 2.75) is 30.7 Å². The van der Waals surface area contributed by atoms with Crippen LogP contribution in [-0.2, 0) is 11.8 Å². The van der Waals surface area contributed by atoms with Crippen molar-refractivity contribution in [3.8, 4) is 0 Å². The summed E-state index contributed by atoms with van der Waals surface area (Å²) in [4.78, 5) is 52.7. The first-order valence-corrected chi connectivity index (χ1v) is 13.7. The van der Waals surface area contributed by atoms with Gasteiger partial charge in [0.05, 0.1) is 17.2 Å². The van der Waals surface area contributed by atoms with Gasteiger partial charge in [0.2, 0.25) is 5.82 Å². The lowest BCUT2D eigenvalue weighted by Gasteiger charge is -2.31. The Kier molecular flexibility index (Phi) is 8.72. The molecular weight excluding hydrogens is 512 g/mol. The third-order valence-corrected chi connectivity index (χ3v) is 7.81. The zero-order valence-corrected chi connectivity index (χ0v) is 22.3. The second-order valence-electron chi connectivity index (χ2n) is 8.33. The number of amides is 2. The first-order chi connectivity index (χ1) is 17.9. The average Bonchev–Trinajstić information content (AvgIpc) is 3.54. The van der Waals surface area contributed by atoms with Crippen LogP contribution in [0.1, 0.15) is 62.2 Å². The van der Waals surface area contributed by atoms with E-state index in [0.29, 0.717) is 35.1 Å². The van der Waals surface area contributed by atoms with Gasteiger partial charge in [-0.15, -0.1) is 29.7 Å². The van der Waals surface area contributed by atoms with E-state index in [0.717, 1.165) is 17.8 Å². The van der Waals surface area contributed by atoms with Crippen LogP contribution in [0.5, 0.6) is 0 Å². The SMILES string of the molecule is C=CCSc1ncccc1C(=O)N1CCC(c2nc(C(=O)Nc3cn(C)c(C(=O)OCC)n3)cs2)CC1. The molecule has 2 amide bonds. The highest BCUT2D eigenvalue weighted by molar-refractivity contribution is 7.99. The largest absolute Gasteiger partial charge is 0.460 e. The maximum Gasteiger partial charge on any atom is 0.374 e. The van der Waals surface area contributed by atoms with E-state index < -0.39 is 11.9 Å². The van der Waals surface area contributed by atoms with Crippen LogP contribution in [0.2, 0.25) is 0 Å². The molecule has 0 bridgehead atoms. The molecule has 3 aromatic heterocycles. The van der Waals surface area contributed by atoms with Crippen molar-refractivity contribution in [3.05, 3.63) is 64.7 Å². The molecule has 0 saturated carbocycles. The Morgan fingerprint density at radius 1 is 1.30 bits per heavy atom. The minimum absolute atomic E-state index is 0.0186. The van der Waals surface area contributed by atoms with Crippen molar-refractivity contribution in [1.29, 1.82) is 0 Å².